The first-order valence-electron chi connectivity index (χ1n) is 11.0. The number of hydrogen-bond donors (Lipinski definition) is 15. The van der Waals surface area contributed by atoms with E-state index in [9.17, 15) is 18.6 Å². The van der Waals surface area contributed by atoms with Gasteiger partial charge in [0.05, 0.1) is 19.8 Å². The Kier molecular flexibility index (Phi) is 30.1. The highest BCUT2D eigenvalue weighted by atomic mass is 32.2. The molecule has 15 N–H and O–H groups in total. The van der Waals surface area contributed by atoms with Gasteiger partial charge in [-0.1, -0.05) is 0 Å². The summed E-state index contributed by atoms with van der Waals surface area (Å²) in [6.45, 7) is -5.06. The third kappa shape index (κ3) is 21.3. The fourth-order valence-electron chi connectivity index (χ4n) is 1.81. The Morgan fingerprint density at radius 2 is 0.625 bits per heavy atom. The highest BCUT2D eigenvalue weighted by Gasteiger charge is 2.30. The van der Waals surface area contributed by atoms with E-state index in [1.54, 1.807) is 12.5 Å². The number of aliphatic hydroxyl groups excluding tert-OH is 15. The topological polar surface area (TPSA) is 372 Å². The maximum Gasteiger partial charge on any atom is 0.189 e. The van der Waals surface area contributed by atoms with Crippen LogP contribution in [0.15, 0.2) is 0 Å². The van der Waals surface area contributed by atoms with Gasteiger partial charge in [-0.05, 0) is 0 Å². The molecule has 40 heavy (non-hydrogen) atoms. The predicted octanol–water partition coefficient (Wildman–Crippen LogP) is -10.1. The summed E-state index contributed by atoms with van der Waals surface area (Å²) in [6.07, 6.45) is -12.4. The Hall–Kier alpha value is -1.44. The monoisotopic (exact) mass is 618 g/mol. The van der Waals surface area contributed by atoms with Crippen LogP contribution in [-0.2, 0) is 25.2 Å². The number of ketones is 3. The summed E-state index contributed by atoms with van der Waals surface area (Å²) in [7, 11) is -0.611. The van der Waals surface area contributed by atoms with Crippen LogP contribution in [0, 0.1) is 0 Å². The van der Waals surface area contributed by atoms with Crippen molar-refractivity contribution in [2.45, 2.75) is 54.9 Å². The van der Waals surface area contributed by atoms with Gasteiger partial charge in [-0.15, -0.1) is 0 Å². The summed E-state index contributed by atoms with van der Waals surface area (Å²) in [4.78, 5) is 31.6. The highest BCUT2D eigenvalue weighted by molar-refractivity contribution is 7.83. The van der Waals surface area contributed by atoms with E-state index in [-0.39, 0.29) is 0 Å². The van der Waals surface area contributed by atoms with Crippen LogP contribution in [0.25, 0.3) is 0 Å². The van der Waals surface area contributed by atoms with Crippen LogP contribution in [0.1, 0.15) is 0 Å². The summed E-state index contributed by atoms with van der Waals surface area (Å²) in [5.74, 6) is -3.01. The minimum atomic E-state index is -1.86. The second-order valence-corrected chi connectivity index (χ2v) is 9.15. The van der Waals surface area contributed by atoms with Crippen molar-refractivity contribution in [2.75, 3.05) is 52.2 Å². The minimum absolute atomic E-state index is 0.611. The molecule has 0 heterocycles. The van der Waals surface area contributed by atoms with Crippen molar-refractivity contribution in [2.24, 2.45) is 0 Å². The van der Waals surface area contributed by atoms with Crippen LogP contribution in [0.4, 0.5) is 0 Å². The van der Waals surface area contributed by atoms with Crippen molar-refractivity contribution >= 4 is 28.1 Å². The molecule has 0 amide bonds. The van der Waals surface area contributed by atoms with Crippen LogP contribution in [0.5, 0.6) is 0 Å². The zero-order valence-electron chi connectivity index (χ0n) is 21.7. The lowest BCUT2D eigenvalue weighted by molar-refractivity contribution is -0.143. The Balaban J connectivity index is -0.000000227. The van der Waals surface area contributed by atoms with Gasteiger partial charge in [0, 0.05) is 23.3 Å². The van der Waals surface area contributed by atoms with Crippen molar-refractivity contribution in [1.29, 1.82) is 0 Å². The molecular formula is C20H42O19S. The highest BCUT2D eigenvalue weighted by Crippen LogP contribution is 2.02. The summed E-state index contributed by atoms with van der Waals surface area (Å²) < 4.78 is 9.56. The molecule has 0 spiro atoms. The van der Waals surface area contributed by atoms with Crippen LogP contribution in [0.3, 0.4) is 0 Å². The molecule has 0 radical (unpaired) electrons. The molecule has 0 aromatic heterocycles. The van der Waals surface area contributed by atoms with Crippen molar-refractivity contribution in [3.8, 4) is 0 Å². The number of carbonyl (C=O) groups excluding carboxylic acids is 3. The van der Waals surface area contributed by atoms with E-state index in [4.69, 9.17) is 76.6 Å². The molecule has 0 aromatic carbocycles. The SMILES string of the molecule is CS(C)=O.O=C(CO)[C@@H](O)[C@H](O)[C@H](O)CO.O=C(CO)[C@@H](O)[C@H](O)[C@H](O)CO.O=C(CO)[C@@H](O)[C@H](O)[C@H](O)CO. The molecule has 0 saturated carbocycles. The fourth-order valence-corrected chi connectivity index (χ4v) is 1.81. The van der Waals surface area contributed by atoms with Crippen molar-refractivity contribution in [3.05, 3.63) is 0 Å². The maximum absolute atomic E-state index is 10.5. The lowest BCUT2D eigenvalue weighted by Crippen LogP contribution is -2.44. The van der Waals surface area contributed by atoms with Gasteiger partial charge in [0.1, 0.15) is 74.8 Å². The van der Waals surface area contributed by atoms with Crippen molar-refractivity contribution in [3.63, 3.8) is 0 Å². The summed E-state index contributed by atoms with van der Waals surface area (Å²) in [5.41, 5.74) is 0. The molecule has 0 rings (SSSR count). The number of hydrogen-bond acceptors (Lipinski definition) is 19. The molecular weight excluding hydrogens is 576 g/mol. The molecule has 0 aliphatic carbocycles. The van der Waals surface area contributed by atoms with E-state index >= 15 is 0 Å². The summed E-state index contributed by atoms with van der Waals surface area (Å²) >= 11 is 0. The van der Waals surface area contributed by atoms with Crippen molar-refractivity contribution < 1.29 is 95.2 Å². The van der Waals surface area contributed by atoms with E-state index in [2.05, 4.69) is 0 Å². The van der Waals surface area contributed by atoms with E-state index in [0.29, 0.717) is 0 Å². The Morgan fingerprint density at radius 1 is 0.475 bits per heavy atom. The number of carbonyl (C=O) groups is 3. The number of Topliss-reactive ketones (excluding diaryl/α,β-unsaturated/α-hetero) is 3. The van der Waals surface area contributed by atoms with E-state index in [0.717, 1.165) is 0 Å². The van der Waals surface area contributed by atoms with E-state index < -0.39 is 123 Å². The average Bonchev–Trinajstić information content (AvgIpc) is 2.96. The summed E-state index contributed by atoms with van der Waals surface area (Å²) in [5, 5.41) is 129. The second kappa shape index (κ2) is 26.5. The molecule has 0 unspecified atom stereocenters. The Bertz CT molecular complexity index is 610. The number of aliphatic hydroxyl groups is 15. The minimum Gasteiger partial charge on any atom is -0.394 e. The van der Waals surface area contributed by atoms with Crippen LogP contribution < -0.4 is 0 Å². The third-order valence-corrected chi connectivity index (χ3v) is 4.17. The largest absolute Gasteiger partial charge is 0.394 e. The first-order chi connectivity index (χ1) is 18.4. The Labute approximate surface area is 230 Å². The van der Waals surface area contributed by atoms with Crippen LogP contribution in [-0.4, -0.2) is 205 Å². The maximum atomic E-state index is 10.5. The quantitative estimate of drug-likeness (QED) is 0.0809. The molecule has 0 bridgehead atoms. The molecule has 0 aliphatic rings. The zero-order chi connectivity index (χ0) is 32.7. The van der Waals surface area contributed by atoms with Gasteiger partial charge in [-0.25, -0.2) is 0 Å². The van der Waals surface area contributed by atoms with Gasteiger partial charge in [0.2, 0.25) is 0 Å². The smallest absolute Gasteiger partial charge is 0.189 e. The molecule has 19 nitrogen and oxygen atoms in total. The molecule has 242 valence electrons. The average molecular weight is 619 g/mol. The third-order valence-electron chi connectivity index (χ3n) is 4.17. The number of rotatable bonds is 15. The summed E-state index contributed by atoms with van der Waals surface area (Å²) in [6, 6.07) is 0. The Morgan fingerprint density at radius 3 is 0.725 bits per heavy atom. The van der Waals surface area contributed by atoms with Gasteiger partial charge in [-0.2, -0.15) is 0 Å². The fraction of sp³-hybridized carbons (Fsp3) is 0.850. The second-order valence-electron chi connectivity index (χ2n) is 7.67. The van der Waals surface area contributed by atoms with E-state index in [1.165, 1.54) is 0 Å². The van der Waals surface area contributed by atoms with Crippen LogP contribution in [0.2, 0.25) is 0 Å². The standard InChI is InChI=1S/3C6H12O6.C2H6OS/c3*7-1-3(9)5(11)6(12)4(10)2-8;1-4(2)3/h3*3,5-9,11-12H,1-2H2;1-2H3/t3*3-,5-,6-;/m111./s1. The molecule has 0 fully saturated rings. The van der Waals surface area contributed by atoms with Gasteiger partial charge in [0.15, 0.2) is 17.3 Å². The first kappa shape index (κ1) is 45.5. The predicted molar refractivity (Wildman–Crippen MR) is 132 cm³/mol. The van der Waals surface area contributed by atoms with Gasteiger partial charge in [0.25, 0.3) is 0 Å². The van der Waals surface area contributed by atoms with Gasteiger partial charge >= 0.3 is 0 Å². The normalized spacial score (nSPS) is 17.4. The van der Waals surface area contributed by atoms with Gasteiger partial charge in [-0.3, -0.25) is 18.6 Å². The van der Waals surface area contributed by atoms with Gasteiger partial charge < -0.3 is 76.6 Å². The zero-order valence-corrected chi connectivity index (χ0v) is 22.5. The molecule has 0 aromatic rings. The molecule has 0 aliphatic heterocycles. The molecule has 0 saturated heterocycles. The lowest BCUT2D eigenvalue weighted by Gasteiger charge is -2.19. The lowest BCUT2D eigenvalue weighted by atomic mass is 10.1. The first-order valence-corrected chi connectivity index (χ1v) is 12.9. The van der Waals surface area contributed by atoms with E-state index in [1.807, 2.05) is 0 Å². The molecule has 20 heteroatoms. The van der Waals surface area contributed by atoms with Crippen molar-refractivity contribution in [1.82, 2.24) is 0 Å². The van der Waals surface area contributed by atoms with Crippen LogP contribution >= 0.6 is 0 Å². The molecule has 9 atom stereocenters.